The van der Waals surface area contributed by atoms with E-state index < -0.39 is 0 Å². The van der Waals surface area contributed by atoms with Crippen LogP contribution in [0.3, 0.4) is 0 Å². The predicted molar refractivity (Wildman–Crippen MR) is 38.6 cm³/mol. The lowest BCUT2D eigenvalue weighted by atomic mass is 10.7. The van der Waals surface area contributed by atoms with E-state index in [-0.39, 0.29) is 0 Å². The first-order valence-electron chi connectivity index (χ1n) is 2.75. The molecule has 0 atom stereocenters. The second kappa shape index (κ2) is 7.27. The van der Waals surface area contributed by atoms with E-state index in [1.165, 1.54) is 0 Å². The van der Waals surface area contributed by atoms with Crippen molar-refractivity contribution in [3.8, 4) is 0 Å². The highest BCUT2D eigenvalue weighted by molar-refractivity contribution is 7.80. The van der Waals surface area contributed by atoms with Crippen LogP contribution in [0, 0.1) is 0 Å². The minimum absolute atomic E-state index is 0.755. The average Bonchev–Trinajstić information content (AvgIpc) is 1.81. The van der Waals surface area contributed by atoms with Crippen molar-refractivity contribution in [3.63, 3.8) is 0 Å². The standard InChI is InChI=1S/C5H13NOS/c1-6-2-3-7-4-5-8/h6,8H,2-5H2,1H3. The first kappa shape index (κ1) is 8.27. The second-order valence-corrected chi connectivity index (χ2v) is 1.89. The van der Waals surface area contributed by atoms with Gasteiger partial charge in [-0.2, -0.15) is 12.6 Å². The summed E-state index contributed by atoms with van der Waals surface area (Å²) in [4.78, 5) is 0. The SMILES string of the molecule is CNCCOCCS. The van der Waals surface area contributed by atoms with Crippen molar-refractivity contribution < 1.29 is 4.74 Å². The molecule has 3 heteroatoms. The third-order valence-corrected chi connectivity index (χ3v) is 0.915. The van der Waals surface area contributed by atoms with Crippen LogP contribution < -0.4 is 5.32 Å². The molecule has 0 saturated carbocycles. The van der Waals surface area contributed by atoms with Gasteiger partial charge in [0.05, 0.1) is 13.2 Å². The number of hydrogen-bond donors (Lipinski definition) is 2. The molecular formula is C5H13NOS. The van der Waals surface area contributed by atoms with Crippen LogP contribution in [-0.2, 0) is 4.74 Å². The third kappa shape index (κ3) is 6.27. The second-order valence-electron chi connectivity index (χ2n) is 1.44. The summed E-state index contributed by atoms with van der Waals surface area (Å²) in [5.41, 5.74) is 0. The van der Waals surface area contributed by atoms with Crippen molar-refractivity contribution in [1.82, 2.24) is 5.32 Å². The number of hydrogen-bond acceptors (Lipinski definition) is 3. The molecule has 0 saturated heterocycles. The summed E-state index contributed by atoms with van der Waals surface area (Å²) < 4.78 is 5.08. The molecule has 0 radical (unpaired) electrons. The van der Waals surface area contributed by atoms with Crippen LogP contribution in [-0.4, -0.2) is 32.6 Å². The van der Waals surface area contributed by atoms with Crippen LogP contribution in [0.2, 0.25) is 0 Å². The first-order chi connectivity index (χ1) is 3.91. The highest BCUT2D eigenvalue weighted by Gasteiger charge is 1.81. The normalized spacial score (nSPS) is 9.75. The maximum absolute atomic E-state index is 5.08. The van der Waals surface area contributed by atoms with Crippen LogP contribution in [0.1, 0.15) is 0 Å². The minimum atomic E-state index is 0.755. The van der Waals surface area contributed by atoms with Crippen molar-refractivity contribution >= 4 is 12.6 Å². The van der Waals surface area contributed by atoms with Gasteiger partial charge in [0.2, 0.25) is 0 Å². The summed E-state index contributed by atoms with van der Waals surface area (Å²) in [5, 5.41) is 2.98. The van der Waals surface area contributed by atoms with E-state index in [0.717, 1.165) is 25.5 Å². The average molecular weight is 135 g/mol. The molecule has 0 aromatic heterocycles. The van der Waals surface area contributed by atoms with E-state index in [1.807, 2.05) is 7.05 Å². The number of nitrogens with one attached hydrogen (secondary N) is 1. The molecule has 0 amide bonds. The number of ether oxygens (including phenoxy) is 1. The van der Waals surface area contributed by atoms with E-state index in [0.29, 0.717) is 0 Å². The van der Waals surface area contributed by atoms with Gasteiger partial charge in [-0.05, 0) is 7.05 Å². The Labute approximate surface area is 56.0 Å². The van der Waals surface area contributed by atoms with Gasteiger partial charge < -0.3 is 10.1 Å². The van der Waals surface area contributed by atoms with E-state index >= 15 is 0 Å². The third-order valence-electron chi connectivity index (χ3n) is 0.732. The van der Waals surface area contributed by atoms with Crippen LogP contribution in [0.15, 0.2) is 0 Å². The lowest BCUT2D eigenvalue weighted by Gasteiger charge is -1.98. The zero-order valence-electron chi connectivity index (χ0n) is 5.18. The Balaban J connectivity index is 2.53. The van der Waals surface area contributed by atoms with E-state index in [4.69, 9.17) is 4.74 Å². The predicted octanol–water partition coefficient (Wildman–Crippen LogP) is 0.152. The molecule has 1 N–H and O–H groups in total. The summed E-state index contributed by atoms with van der Waals surface area (Å²) in [6, 6.07) is 0. The molecule has 0 aromatic rings. The zero-order chi connectivity index (χ0) is 6.24. The summed E-state index contributed by atoms with van der Waals surface area (Å²) in [6.45, 7) is 2.47. The Hall–Kier alpha value is 0.270. The number of likely N-dealkylation sites (N-methyl/N-ethyl adjacent to an activating group) is 1. The molecule has 0 fully saturated rings. The fraction of sp³-hybridized carbons (Fsp3) is 1.00. The minimum Gasteiger partial charge on any atom is -0.379 e. The van der Waals surface area contributed by atoms with Gasteiger partial charge in [-0.3, -0.25) is 0 Å². The smallest absolute Gasteiger partial charge is 0.0591 e. The van der Waals surface area contributed by atoms with Gasteiger partial charge in [0, 0.05) is 12.3 Å². The number of rotatable bonds is 5. The van der Waals surface area contributed by atoms with Gasteiger partial charge in [-0.25, -0.2) is 0 Å². The Morgan fingerprint density at radius 1 is 1.50 bits per heavy atom. The van der Waals surface area contributed by atoms with E-state index in [1.54, 1.807) is 0 Å². The molecule has 0 spiro atoms. The van der Waals surface area contributed by atoms with Crippen LogP contribution in [0.5, 0.6) is 0 Å². The highest BCUT2D eigenvalue weighted by Crippen LogP contribution is 1.75. The van der Waals surface area contributed by atoms with Crippen molar-refractivity contribution in [2.24, 2.45) is 0 Å². The lowest BCUT2D eigenvalue weighted by molar-refractivity contribution is 0.153. The fourth-order valence-electron chi connectivity index (χ4n) is 0.341. The molecule has 50 valence electrons. The largest absolute Gasteiger partial charge is 0.379 e. The molecule has 0 aliphatic rings. The zero-order valence-corrected chi connectivity index (χ0v) is 6.08. The molecule has 0 rings (SSSR count). The Bertz CT molecular complexity index is 37.4. The Morgan fingerprint density at radius 2 is 2.25 bits per heavy atom. The lowest BCUT2D eigenvalue weighted by Crippen LogP contribution is -2.14. The summed E-state index contributed by atoms with van der Waals surface area (Å²) in [7, 11) is 1.91. The van der Waals surface area contributed by atoms with Crippen molar-refractivity contribution in [3.05, 3.63) is 0 Å². The van der Waals surface area contributed by atoms with Crippen molar-refractivity contribution in [2.75, 3.05) is 32.6 Å². The molecule has 0 unspecified atom stereocenters. The van der Waals surface area contributed by atoms with Crippen LogP contribution in [0.4, 0.5) is 0 Å². The molecule has 8 heavy (non-hydrogen) atoms. The van der Waals surface area contributed by atoms with Gasteiger partial charge in [0.25, 0.3) is 0 Å². The van der Waals surface area contributed by atoms with Crippen LogP contribution in [0.25, 0.3) is 0 Å². The molecule has 2 nitrogen and oxygen atoms in total. The van der Waals surface area contributed by atoms with Gasteiger partial charge in [-0.15, -0.1) is 0 Å². The van der Waals surface area contributed by atoms with Gasteiger partial charge >= 0.3 is 0 Å². The first-order valence-corrected chi connectivity index (χ1v) is 3.38. The molecular weight excluding hydrogens is 122 g/mol. The molecule has 0 aromatic carbocycles. The monoisotopic (exact) mass is 135 g/mol. The maximum Gasteiger partial charge on any atom is 0.0591 e. The summed E-state index contributed by atoms with van der Waals surface area (Å²) in [6.07, 6.45) is 0. The molecule has 0 heterocycles. The Kier molecular flexibility index (Phi) is 7.52. The maximum atomic E-state index is 5.08. The van der Waals surface area contributed by atoms with Gasteiger partial charge in [0.1, 0.15) is 0 Å². The van der Waals surface area contributed by atoms with E-state index in [2.05, 4.69) is 17.9 Å². The molecule has 0 aliphatic carbocycles. The Morgan fingerprint density at radius 3 is 2.75 bits per heavy atom. The van der Waals surface area contributed by atoms with Crippen molar-refractivity contribution in [1.29, 1.82) is 0 Å². The van der Waals surface area contributed by atoms with Crippen LogP contribution >= 0.6 is 12.6 Å². The quantitative estimate of drug-likeness (QED) is 0.414. The van der Waals surface area contributed by atoms with E-state index in [9.17, 15) is 0 Å². The highest BCUT2D eigenvalue weighted by atomic mass is 32.1. The fourth-order valence-corrected chi connectivity index (χ4v) is 0.470. The molecule has 0 aliphatic heterocycles. The topological polar surface area (TPSA) is 21.3 Å². The van der Waals surface area contributed by atoms with Gasteiger partial charge in [-0.1, -0.05) is 0 Å². The number of thiol groups is 1. The van der Waals surface area contributed by atoms with Gasteiger partial charge in [0.15, 0.2) is 0 Å². The van der Waals surface area contributed by atoms with Crippen molar-refractivity contribution in [2.45, 2.75) is 0 Å². The summed E-state index contributed by atoms with van der Waals surface area (Å²) in [5.74, 6) is 0.809. The summed E-state index contributed by atoms with van der Waals surface area (Å²) >= 11 is 3.98. The molecule has 0 bridgehead atoms.